The molecule has 0 saturated carbocycles. The minimum absolute atomic E-state index is 0.277. The van der Waals surface area contributed by atoms with Gasteiger partial charge in [0.25, 0.3) is 0 Å². The standard InChI is InChI=1S/C12H15FN4O/c1-8(14)11-5-9(13)3-4-12(11)18-7-10-6-17(2)16-15-10/h3-6,8H,7,14H2,1-2H3/t8-/m1/s1. The Morgan fingerprint density at radius 1 is 1.50 bits per heavy atom. The monoisotopic (exact) mass is 250 g/mol. The van der Waals surface area contributed by atoms with E-state index in [9.17, 15) is 4.39 Å². The number of halogens is 1. The molecule has 2 N–H and O–H groups in total. The van der Waals surface area contributed by atoms with Crippen molar-refractivity contribution in [2.45, 2.75) is 19.6 Å². The molecular weight excluding hydrogens is 235 g/mol. The molecule has 0 aliphatic rings. The summed E-state index contributed by atoms with van der Waals surface area (Å²) in [5.74, 6) is 0.242. The number of aromatic nitrogens is 3. The normalized spacial score (nSPS) is 12.4. The molecule has 1 atom stereocenters. The lowest BCUT2D eigenvalue weighted by Gasteiger charge is -2.13. The Morgan fingerprint density at radius 3 is 2.89 bits per heavy atom. The number of ether oxygens (including phenoxy) is 1. The van der Waals surface area contributed by atoms with Gasteiger partial charge in [-0.2, -0.15) is 0 Å². The fourth-order valence-electron chi connectivity index (χ4n) is 1.62. The Labute approximate surface area is 104 Å². The van der Waals surface area contributed by atoms with Crippen LogP contribution in [0.15, 0.2) is 24.4 Å². The average Bonchev–Trinajstić information content (AvgIpc) is 2.73. The third kappa shape index (κ3) is 2.84. The molecule has 18 heavy (non-hydrogen) atoms. The molecule has 0 radical (unpaired) electrons. The lowest BCUT2D eigenvalue weighted by Crippen LogP contribution is -2.08. The summed E-state index contributed by atoms with van der Waals surface area (Å²) < 4.78 is 20.3. The van der Waals surface area contributed by atoms with Crippen LogP contribution in [0.5, 0.6) is 5.75 Å². The topological polar surface area (TPSA) is 66.0 Å². The Balaban J connectivity index is 2.13. The van der Waals surface area contributed by atoms with Crippen molar-refractivity contribution in [2.24, 2.45) is 12.8 Å². The Bertz CT molecular complexity index is 539. The van der Waals surface area contributed by atoms with E-state index in [1.165, 1.54) is 12.1 Å². The van der Waals surface area contributed by atoms with E-state index >= 15 is 0 Å². The fraction of sp³-hybridized carbons (Fsp3) is 0.333. The van der Waals surface area contributed by atoms with Gasteiger partial charge in [0.1, 0.15) is 23.9 Å². The van der Waals surface area contributed by atoms with Gasteiger partial charge in [0.15, 0.2) is 0 Å². The minimum Gasteiger partial charge on any atom is -0.487 e. The van der Waals surface area contributed by atoms with Crippen LogP contribution < -0.4 is 10.5 Å². The summed E-state index contributed by atoms with van der Waals surface area (Å²) in [6.45, 7) is 2.06. The molecule has 6 heteroatoms. The third-order valence-corrected chi connectivity index (χ3v) is 2.49. The van der Waals surface area contributed by atoms with Gasteiger partial charge in [0, 0.05) is 18.7 Å². The molecule has 0 aliphatic carbocycles. The van der Waals surface area contributed by atoms with Gasteiger partial charge in [0.05, 0.1) is 6.20 Å². The van der Waals surface area contributed by atoms with Gasteiger partial charge in [-0.3, -0.25) is 4.68 Å². The Kier molecular flexibility index (Phi) is 3.57. The lowest BCUT2D eigenvalue weighted by molar-refractivity contribution is 0.296. The molecule has 1 aromatic heterocycles. The number of hydrogen-bond acceptors (Lipinski definition) is 4. The van der Waals surface area contributed by atoms with Crippen LogP contribution in [0.2, 0.25) is 0 Å². The second kappa shape index (κ2) is 5.14. The van der Waals surface area contributed by atoms with E-state index in [0.717, 1.165) is 0 Å². The Hall–Kier alpha value is -1.95. The molecule has 1 aromatic carbocycles. The lowest BCUT2D eigenvalue weighted by atomic mass is 10.1. The number of hydrogen-bond donors (Lipinski definition) is 1. The van der Waals surface area contributed by atoms with Crippen molar-refractivity contribution < 1.29 is 9.13 Å². The highest BCUT2D eigenvalue weighted by Crippen LogP contribution is 2.25. The third-order valence-electron chi connectivity index (χ3n) is 2.49. The zero-order chi connectivity index (χ0) is 13.1. The van der Waals surface area contributed by atoms with Crippen molar-refractivity contribution in [2.75, 3.05) is 0 Å². The zero-order valence-electron chi connectivity index (χ0n) is 10.3. The van der Waals surface area contributed by atoms with E-state index in [0.29, 0.717) is 17.0 Å². The molecule has 0 fully saturated rings. The van der Waals surface area contributed by atoms with Crippen molar-refractivity contribution in [3.63, 3.8) is 0 Å². The quantitative estimate of drug-likeness (QED) is 0.894. The predicted molar refractivity (Wildman–Crippen MR) is 64.3 cm³/mol. The van der Waals surface area contributed by atoms with E-state index in [2.05, 4.69) is 10.3 Å². The number of benzene rings is 1. The fourth-order valence-corrected chi connectivity index (χ4v) is 1.62. The van der Waals surface area contributed by atoms with E-state index < -0.39 is 0 Å². The highest BCUT2D eigenvalue weighted by atomic mass is 19.1. The van der Waals surface area contributed by atoms with Crippen LogP contribution in [0.4, 0.5) is 4.39 Å². The molecule has 1 heterocycles. The van der Waals surface area contributed by atoms with Gasteiger partial charge in [-0.15, -0.1) is 5.10 Å². The first-order valence-corrected chi connectivity index (χ1v) is 5.59. The first-order chi connectivity index (χ1) is 8.56. The molecule has 0 aliphatic heterocycles. The molecule has 0 saturated heterocycles. The van der Waals surface area contributed by atoms with Crippen molar-refractivity contribution in [1.82, 2.24) is 15.0 Å². The van der Waals surface area contributed by atoms with Crippen LogP contribution in [-0.2, 0) is 13.7 Å². The number of aryl methyl sites for hydroxylation is 1. The maximum atomic E-state index is 13.1. The second-order valence-electron chi connectivity index (χ2n) is 4.14. The average molecular weight is 250 g/mol. The zero-order valence-corrected chi connectivity index (χ0v) is 10.3. The first-order valence-electron chi connectivity index (χ1n) is 5.59. The largest absolute Gasteiger partial charge is 0.487 e. The minimum atomic E-state index is -0.325. The smallest absolute Gasteiger partial charge is 0.134 e. The van der Waals surface area contributed by atoms with E-state index in [1.54, 1.807) is 30.9 Å². The van der Waals surface area contributed by atoms with E-state index in [4.69, 9.17) is 10.5 Å². The summed E-state index contributed by atoms with van der Waals surface area (Å²) in [5.41, 5.74) is 7.12. The van der Waals surface area contributed by atoms with Gasteiger partial charge >= 0.3 is 0 Å². The van der Waals surface area contributed by atoms with Crippen LogP contribution in [0, 0.1) is 5.82 Å². The van der Waals surface area contributed by atoms with Crippen LogP contribution in [0.1, 0.15) is 24.2 Å². The van der Waals surface area contributed by atoms with Gasteiger partial charge in [0.2, 0.25) is 0 Å². The molecule has 0 amide bonds. The van der Waals surface area contributed by atoms with E-state index in [-0.39, 0.29) is 18.5 Å². The van der Waals surface area contributed by atoms with Gasteiger partial charge in [-0.25, -0.2) is 4.39 Å². The molecule has 0 spiro atoms. The maximum absolute atomic E-state index is 13.1. The molecule has 0 bridgehead atoms. The summed E-state index contributed by atoms with van der Waals surface area (Å²) in [5, 5.41) is 7.71. The molecular formula is C12H15FN4O. The predicted octanol–water partition coefficient (Wildman–Crippen LogP) is 1.55. The summed E-state index contributed by atoms with van der Waals surface area (Å²) in [6, 6.07) is 4.01. The second-order valence-corrected chi connectivity index (χ2v) is 4.14. The van der Waals surface area contributed by atoms with Gasteiger partial charge in [-0.05, 0) is 25.1 Å². The van der Waals surface area contributed by atoms with Crippen molar-refractivity contribution >= 4 is 0 Å². The number of nitrogens with two attached hydrogens (primary N) is 1. The van der Waals surface area contributed by atoms with E-state index in [1.807, 2.05) is 0 Å². The summed E-state index contributed by atoms with van der Waals surface area (Å²) in [6.07, 6.45) is 1.76. The number of rotatable bonds is 4. The first kappa shape index (κ1) is 12.5. The highest BCUT2D eigenvalue weighted by Gasteiger charge is 2.10. The summed E-state index contributed by atoms with van der Waals surface area (Å²) >= 11 is 0. The van der Waals surface area contributed by atoms with Gasteiger partial charge < -0.3 is 10.5 Å². The summed E-state index contributed by atoms with van der Waals surface area (Å²) in [7, 11) is 1.78. The molecule has 5 nitrogen and oxygen atoms in total. The molecule has 2 aromatic rings. The van der Waals surface area contributed by atoms with Crippen LogP contribution >= 0.6 is 0 Å². The summed E-state index contributed by atoms with van der Waals surface area (Å²) in [4.78, 5) is 0. The number of nitrogens with zero attached hydrogens (tertiary/aromatic N) is 3. The molecule has 0 unspecified atom stereocenters. The molecule has 96 valence electrons. The SMILES string of the molecule is C[C@@H](N)c1cc(F)ccc1OCc1cn(C)nn1. The van der Waals surface area contributed by atoms with Crippen molar-refractivity contribution in [3.05, 3.63) is 41.5 Å². The van der Waals surface area contributed by atoms with Crippen LogP contribution in [0.3, 0.4) is 0 Å². The van der Waals surface area contributed by atoms with Crippen molar-refractivity contribution in [3.8, 4) is 5.75 Å². The van der Waals surface area contributed by atoms with Gasteiger partial charge in [-0.1, -0.05) is 5.21 Å². The van der Waals surface area contributed by atoms with Crippen molar-refractivity contribution in [1.29, 1.82) is 0 Å². The van der Waals surface area contributed by atoms with Crippen LogP contribution in [-0.4, -0.2) is 15.0 Å². The maximum Gasteiger partial charge on any atom is 0.134 e. The van der Waals surface area contributed by atoms with Crippen LogP contribution in [0.25, 0.3) is 0 Å². The highest BCUT2D eigenvalue weighted by molar-refractivity contribution is 5.36. The molecule has 2 rings (SSSR count). The Morgan fingerprint density at radius 2 is 2.28 bits per heavy atom.